The first-order valence-corrected chi connectivity index (χ1v) is 8.17. The van der Waals surface area contributed by atoms with Gasteiger partial charge in [-0.25, -0.2) is 0 Å². The summed E-state index contributed by atoms with van der Waals surface area (Å²) in [5, 5.41) is 3.42. The van der Waals surface area contributed by atoms with Crippen LogP contribution in [0.3, 0.4) is 0 Å². The van der Waals surface area contributed by atoms with Gasteiger partial charge in [0, 0.05) is 44.4 Å². The minimum absolute atomic E-state index is 0. The molecule has 7 heteroatoms. The van der Waals surface area contributed by atoms with Crippen molar-refractivity contribution in [2.24, 2.45) is 5.41 Å². The van der Waals surface area contributed by atoms with Crippen LogP contribution in [0.5, 0.6) is 17.2 Å². The Labute approximate surface area is 164 Å². The maximum Gasteiger partial charge on any atom is 0.131 e. The van der Waals surface area contributed by atoms with Crippen molar-refractivity contribution in [2.45, 2.75) is 26.8 Å². The molecule has 1 heterocycles. The number of piperazine rings is 1. The monoisotopic (exact) mass is 394 g/mol. The molecule has 0 bridgehead atoms. The van der Waals surface area contributed by atoms with E-state index in [-0.39, 0.29) is 36.3 Å². The van der Waals surface area contributed by atoms with E-state index in [9.17, 15) is 0 Å². The van der Waals surface area contributed by atoms with Crippen molar-refractivity contribution in [3.8, 4) is 17.2 Å². The van der Waals surface area contributed by atoms with Crippen LogP contribution in [0.15, 0.2) is 12.1 Å². The summed E-state index contributed by atoms with van der Waals surface area (Å²) in [4.78, 5) is 2.52. The van der Waals surface area contributed by atoms with Crippen molar-refractivity contribution in [1.29, 1.82) is 0 Å². The van der Waals surface area contributed by atoms with Gasteiger partial charge < -0.3 is 19.5 Å². The summed E-state index contributed by atoms with van der Waals surface area (Å²) in [7, 11) is 5.07. The van der Waals surface area contributed by atoms with Crippen molar-refractivity contribution >= 4 is 24.8 Å². The van der Waals surface area contributed by atoms with Gasteiger partial charge in [-0.1, -0.05) is 20.8 Å². The molecule has 25 heavy (non-hydrogen) atoms. The summed E-state index contributed by atoms with van der Waals surface area (Å²) >= 11 is 0. The molecule has 2 rings (SSSR count). The fourth-order valence-corrected chi connectivity index (χ4v) is 3.41. The lowest BCUT2D eigenvalue weighted by Gasteiger charge is -2.43. The molecule has 0 saturated carbocycles. The van der Waals surface area contributed by atoms with E-state index >= 15 is 0 Å². The first kappa shape index (κ1) is 24.1. The molecule has 1 aromatic carbocycles. The van der Waals surface area contributed by atoms with Gasteiger partial charge in [0.05, 0.1) is 26.9 Å². The Morgan fingerprint density at radius 3 is 1.76 bits per heavy atom. The van der Waals surface area contributed by atoms with E-state index in [4.69, 9.17) is 14.2 Å². The lowest BCUT2D eigenvalue weighted by atomic mass is 9.80. The van der Waals surface area contributed by atoms with Gasteiger partial charge >= 0.3 is 0 Å². The third kappa shape index (κ3) is 5.55. The number of benzene rings is 1. The molecule has 1 N–H and O–H groups in total. The van der Waals surface area contributed by atoms with Gasteiger partial charge in [-0.3, -0.25) is 4.90 Å². The van der Waals surface area contributed by atoms with Crippen molar-refractivity contribution in [1.82, 2.24) is 10.2 Å². The van der Waals surface area contributed by atoms with Crippen LogP contribution in [0.1, 0.15) is 32.4 Å². The topological polar surface area (TPSA) is 43.0 Å². The van der Waals surface area contributed by atoms with E-state index < -0.39 is 0 Å². The molecule has 1 fully saturated rings. The molecule has 0 aromatic heterocycles. The number of ether oxygens (including phenoxy) is 3. The Hall–Kier alpha value is -0.880. The zero-order chi connectivity index (χ0) is 17.0. The molecule has 1 aliphatic heterocycles. The second kappa shape index (κ2) is 10.3. The molecule has 0 aliphatic carbocycles. The lowest BCUT2D eigenvalue weighted by molar-refractivity contribution is 0.0819. The average Bonchev–Trinajstić information content (AvgIpc) is 2.54. The third-order valence-electron chi connectivity index (χ3n) is 4.36. The Morgan fingerprint density at radius 2 is 1.40 bits per heavy atom. The summed E-state index contributed by atoms with van der Waals surface area (Å²) in [5.74, 6) is 2.38. The number of rotatable bonds is 5. The molecule has 0 unspecified atom stereocenters. The van der Waals surface area contributed by atoms with Crippen molar-refractivity contribution < 1.29 is 14.2 Å². The molecule has 1 saturated heterocycles. The van der Waals surface area contributed by atoms with Crippen LogP contribution in [0.25, 0.3) is 0 Å². The molecule has 1 atom stereocenters. The highest BCUT2D eigenvalue weighted by atomic mass is 35.5. The lowest BCUT2D eigenvalue weighted by Crippen LogP contribution is -2.48. The summed E-state index contributed by atoms with van der Waals surface area (Å²) in [5.41, 5.74) is 1.15. The Bertz CT molecular complexity index is 505. The number of halogens is 2. The molecule has 1 aliphatic rings. The fraction of sp³-hybridized carbons (Fsp3) is 0.667. The van der Waals surface area contributed by atoms with E-state index in [1.54, 1.807) is 21.3 Å². The second-order valence-electron chi connectivity index (χ2n) is 7.00. The van der Waals surface area contributed by atoms with Gasteiger partial charge in [-0.15, -0.1) is 24.8 Å². The highest BCUT2D eigenvalue weighted by Crippen LogP contribution is 2.47. The summed E-state index contributed by atoms with van der Waals surface area (Å²) in [6.45, 7) is 10.8. The van der Waals surface area contributed by atoms with E-state index in [0.29, 0.717) is 0 Å². The predicted molar refractivity (Wildman–Crippen MR) is 107 cm³/mol. The molecule has 146 valence electrons. The number of methoxy groups -OCH3 is 3. The maximum atomic E-state index is 5.69. The van der Waals surface area contributed by atoms with Crippen LogP contribution in [-0.4, -0.2) is 52.4 Å². The van der Waals surface area contributed by atoms with Crippen LogP contribution >= 0.6 is 24.8 Å². The number of nitrogens with zero attached hydrogens (tertiary/aromatic N) is 1. The Morgan fingerprint density at radius 1 is 0.920 bits per heavy atom. The van der Waals surface area contributed by atoms with E-state index in [1.807, 2.05) is 12.1 Å². The molecule has 0 radical (unpaired) electrons. The summed E-state index contributed by atoms with van der Waals surface area (Å²) in [6, 6.07) is 4.10. The average molecular weight is 395 g/mol. The van der Waals surface area contributed by atoms with E-state index in [1.165, 1.54) is 0 Å². The summed E-state index contributed by atoms with van der Waals surface area (Å²) in [6.07, 6.45) is 0. The zero-order valence-corrected chi connectivity index (χ0v) is 17.7. The number of nitrogens with one attached hydrogen (secondary N) is 1. The molecule has 0 spiro atoms. The van der Waals surface area contributed by atoms with Crippen LogP contribution in [0.2, 0.25) is 0 Å². The van der Waals surface area contributed by atoms with E-state index in [0.717, 1.165) is 49.0 Å². The Balaban J connectivity index is 0.00000288. The van der Waals surface area contributed by atoms with Crippen LogP contribution in [0, 0.1) is 5.41 Å². The van der Waals surface area contributed by atoms with Gasteiger partial charge in [0.1, 0.15) is 17.2 Å². The zero-order valence-electron chi connectivity index (χ0n) is 16.0. The molecule has 5 nitrogen and oxygen atoms in total. The second-order valence-corrected chi connectivity index (χ2v) is 7.00. The van der Waals surface area contributed by atoms with Crippen LogP contribution < -0.4 is 19.5 Å². The molecular formula is C18H32Cl2N2O3. The van der Waals surface area contributed by atoms with Gasteiger partial charge in [0.15, 0.2) is 0 Å². The highest BCUT2D eigenvalue weighted by Gasteiger charge is 2.37. The smallest absolute Gasteiger partial charge is 0.131 e. The Kier molecular flexibility index (Phi) is 9.95. The highest BCUT2D eigenvalue weighted by molar-refractivity contribution is 5.85. The van der Waals surface area contributed by atoms with Gasteiger partial charge in [-0.05, 0) is 5.41 Å². The minimum atomic E-state index is 0. The third-order valence-corrected chi connectivity index (χ3v) is 4.36. The van der Waals surface area contributed by atoms with Gasteiger partial charge in [0.25, 0.3) is 0 Å². The quantitative estimate of drug-likeness (QED) is 0.826. The molecular weight excluding hydrogens is 363 g/mol. The minimum Gasteiger partial charge on any atom is -0.496 e. The largest absolute Gasteiger partial charge is 0.496 e. The van der Waals surface area contributed by atoms with Crippen LogP contribution in [0.4, 0.5) is 0 Å². The number of hydrogen-bond acceptors (Lipinski definition) is 5. The van der Waals surface area contributed by atoms with Crippen molar-refractivity contribution in [3.05, 3.63) is 17.7 Å². The van der Waals surface area contributed by atoms with Gasteiger partial charge in [-0.2, -0.15) is 0 Å². The maximum absolute atomic E-state index is 5.69. The standard InChI is InChI=1S/C18H30N2O3.2ClH/c1-18(2,3)17(20-9-7-19-8-10-20)16-14(22-5)11-13(21-4)12-15(16)23-6;;/h11-12,17,19H,7-10H2,1-6H3;2*1H/t17-;;/m0../s1. The van der Waals surface area contributed by atoms with Crippen molar-refractivity contribution in [3.63, 3.8) is 0 Å². The van der Waals surface area contributed by atoms with Crippen molar-refractivity contribution in [2.75, 3.05) is 47.5 Å². The first-order valence-electron chi connectivity index (χ1n) is 8.17. The number of hydrogen-bond donors (Lipinski definition) is 1. The summed E-state index contributed by atoms with van der Waals surface area (Å²) < 4.78 is 16.8. The molecule has 1 aromatic rings. The SMILES string of the molecule is COc1cc(OC)c([C@H](N2CCNCC2)C(C)(C)C)c(OC)c1.Cl.Cl. The fourth-order valence-electron chi connectivity index (χ4n) is 3.41. The van der Waals surface area contributed by atoms with E-state index in [2.05, 4.69) is 31.0 Å². The van der Waals surface area contributed by atoms with Crippen LogP contribution in [-0.2, 0) is 0 Å². The first-order chi connectivity index (χ1) is 10.9. The predicted octanol–water partition coefficient (Wildman–Crippen LogP) is 3.55. The molecule has 0 amide bonds. The van der Waals surface area contributed by atoms with Gasteiger partial charge in [0.2, 0.25) is 0 Å². The normalized spacial score (nSPS) is 16.2.